The number of halogens is 5. The summed E-state index contributed by atoms with van der Waals surface area (Å²) in [7, 11) is 0. The van der Waals surface area contributed by atoms with E-state index in [2.05, 4.69) is 26.1 Å². The molecule has 14 heteroatoms. The standard InChI is InChI=1S/C32H34Cl2F3N5O4/c33-17-6-9-20-22(10-17)39-29(45)32(20)24(19-2-1-3-21(34)25(19)37)26(40-31(32)12-30(13-31,14-35)15-36)27(44)38-18-7-4-16(5-8-18)28-42-41-23(11-43)46-28/h1-3,6,9-10,16,18,20,22,24,26,40,43H,4-5,7-8,11-15H2,(H,38,44)(H,39,45)/t16-,18-,20?,22?,24-,26+,32+/m0/s1. The first-order valence-electron chi connectivity index (χ1n) is 15.5. The van der Waals surface area contributed by atoms with E-state index in [-0.39, 0.29) is 47.9 Å². The summed E-state index contributed by atoms with van der Waals surface area (Å²) >= 11 is 12.6. The molecule has 2 aliphatic heterocycles. The highest BCUT2D eigenvalue weighted by molar-refractivity contribution is 6.31. The Balaban J connectivity index is 1.25. The van der Waals surface area contributed by atoms with E-state index in [0.29, 0.717) is 36.6 Å². The van der Waals surface area contributed by atoms with Crippen molar-refractivity contribution in [3.05, 3.63) is 69.6 Å². The summed E-state index contributed by atoms with van der Waals surface area (Å²) in [5, 5.41) is 26.9. The third-order valence-corrected chi connectivity index (χ3v) is 11.5. The van der Waals surface area contributed by atoms with Crippen molar-refractivity contribution in [1.82, 2.24) is 26.1 Å². The maximum Gasteiger partial charge on any atom is 0.241 e. The van der Waals surface area contributed by atoms with Crippen LogP contribution in [0.2, 0.25) is 5.02 Å². The van der Waals surface area contributed by atoms with Crippen LogP contribution in [0.5, 0.6) is 0 Å². The number of allylic oxidation sites excluding steroid dienone is 2. The van der Waals surface area contributed by atoms with Crippen molar-refractivity contribution in [3.63, 3.8) is 0 Å². The zero-order valence-corrected chi connectivity index (χ0v) is 26.3. The molecule has 246 valence electrons. The van der Waals surface area contributed by atoms with E-state index in [9.17, 15) is 23.5 Å². The molecule has 3 heterocycles. The molecule has 1 aromatic carbocycles. The van der Waals surface area contributed by atoms with Gasteiger partial charge in [0.1, 0.15) is 12.4 Å². The molecule has 0 bridgehead atoms. The molecular formula is C32H34Cl2F3N5O4. The molecule has 3 aliphatic carbocycles. The van der Waals surface area contributed by atoms with E-state index in [0.717, 1.165) is 0 Å². The van der Waals surface area contributed by atoms with E-state index in [1.165, 1.54) is 12.1 Å². The second-order valence-corrected chi connectivity index (χ2v) is 14.3. The molecule has 2 unspecified atom stereocenters. The highest BCUT2D eigenvalue weighted by atomic mass is 35.5. The van der Waals surface area contributed by atoms with Crippen molar-refractivity contribution >= 4 is 35.0 Å². The maximum atomic E-state index is 16.1. The number of aromatic nitrogens is 2. The molecule has 7 rings (SSSR count). The minimum absolute atomic E-state index is 0.0213. The summed E-state index contributed by atoms with van der Waals surface area (Å²) in [5.74, 6) is -2.73. The van der Waals surface area contributed by atoms with E-state index in [1.54, 1.807) is 24.3 Å². The third kappa shape index (κ3) is 4.65. The molecule has 1 aromatic heterocycles. The molecule has 2 amide bonds. The first-order chi connectivity index (χ1) is 22.1. The number of benzene rings is 1. The van der Waals surface area contributed by atoms with E-state index >= 15 is 4.39 Å². The molecule has 2 saturated carbocycles. The van der Waals surface area contributed by atoms with E-state index in [1.807, 2.05) is 0 Å². The van der Waals surface area contributed by atoms with Gasteiger partial charge < -0.3 is 20.2 Å². The van der Waals surface area contributed by atoms with Crippen LogP contribution < -0.4 is 16.0 Å². The lowest BCUT2D eigenvalue weighted by Gasteiger charge is -2.60. The van der Waals surface area contributed by atoms with Crippen LogP contribution in [0.1, 0.15) is 67.7 Å². The first kappa shape index (κ1) is 31.7. The number of hydrogen-bond acceptors (Lipinski definition) is 7. The van der Waals surface area contributed by atoms with Crippen LogP contribution in [0, 0.1) is 22.6 Å². The molecule has 46 heavy (non-hydrogen) atoms. The van der Waals surface area contributed by atoms with Crippen molar-refractivity contribution < 1.29 is 32.3 Å². The summed E-state index contributed by atoms with van der Waals surface area (Å²) in [6.07, 6.45) is 7.53. The average molecular weight is 681 g/mol. The second-order valence-electron chi connectivity index (χ2n) is 13.5. The summed E-state index contributed by atoms with van der Waals surface area (Å²) in [6, 6.07) is 2.57. The number of alkyl halides is 2. The minimum atomic E-state index is -1.50. The lowest BCUT2D eigenvalue weighted by Crippen LogP contribution is -2.70. The fourth-order valence-electron chi connectivity index (χ4n) is 9.10. The SMILES string of the molecule is O=C(N[C@H]1CC[C@H](c2nnc(CO)o2)CC1)[C@@H]1NC2(CC(CF)(CF)C2)[C@@]2(C(=O)NC3C=C(Cl)C=CC32)[C@H]1c1cccc(Cl)c1F. The van der Waals surface area contributed by atoms with Crippen LogP contribution in [0.25, 0.3) is 0 Å². The lowest BCUT2D eigenvalue weighted by atomic mass is 9.44. The van der Waals surface area contributed by atoms with Crippen LogP contribution in [0.3, 0.4) is 0 Å². The van der Waals surface area contributed by atoms with Crippen LogP contribution >= 0.6 is 23.2 Å². The minimum Gasteiger partial charge on any atom is -0.422 e. The van der Waals surface area contributed by atoms with Gasteiger partial charge in [-0.25, -0.2) is 4.39 Å². The largest absolute Gasteiger partial charge is 0.422 e. The number of aliphatic hydroxyl groups excluding tert-OH is 1. The Morgan fingerprint density at radius 2 is 1.87 bits per heavy atom. The van der Waals surface area contributed by atoms with Gasteiger partial charge in [-0.2, -0.15) is 0 Å². The van der Waals surface area contributed by atoms with Gasteiger partial charge in [-0.05, 0) is 62.3 Å². The Bertz CT molecular complexity index is 1600. The Hall–Kier alpha value is -2.93. The molecular weight excluding hydrogens is 646 g/mol. The predicted octanol–water partition coefficient (Wildman–Crippen LogP) is 4.50. The number of carbonyl (C=O) groups is 2. The van der Waals surface area contributed by atoms with E-state index in [4.69, 9.17) is 27.6 Å². The Kier molecular flexibility index (Phi) is 8.01. The van der Waals surface area contributed by atoms with Crippen LogP contribution in [0.15, 0.2) is 45.9 Å². The molecule has 9 nitrogen and oxygen atoms in total. The van der Waals surface area contributed by atoms with Gasteiger partial charge in [-0.3, -0.25) is 23.7 Å². The summed E-state index contributed by atoms with van der Waals surface area (Å²) in [6.45, 7) is -2.21. The van der Waals surface area contributed by atoms with Crippen molar-refractivity contribution in [1.29, 1.82) is 0 Å². The number of aliphatic hydroxyl groups is 1. The van der Waals surface area contributed by atoms with Gasteiger partial charge in [-0.15, -0.1) is 10.2 Å². The van der Waals surface area contributed by atoms with E-state index < -0.39 is 71.3 Å². The van der Waals surface area contributed by atoms with Gasteiger partial charge in [0, 0.05) is 39.8 Å². The lowest BCUT2D eigenvalue weighted by molar-refractivity contribution is -0.146. The highest BCUT2D eigenvalue weighted by Crippen LogP contribution is 2.70. The summed E-state index contributed by atoms with van der Waals surface area (Å²) in [4.78, 5) is 28.8. The van der Waals surface area contributed by atoms with Gasteiger partial charge in [0.2, 0.25) is 23.6 Å². The van der Waals surface area contributed by atoms with Crippen molar-refractivity contribution in [2.24, 2.45) is 16.7 Å². The number of amides is 2. The van der Waals surface area contributed by atoms with Crippen molar-refractivity contribution in [2.75, 3.05) is 13.3 Å². The molecule has 2 aromatic rings. The fraction of sp³-hybridized carbons (Fsp3) is 0.562. The zero-order chi connectivity index (χ0) is 32.4. The maximum absolute atomic E-state index is 16.1. The molecule has 0 radical (unpaired) electrons. The smallest absolute Gasteiger partial charge is 0.241 e. The topological polar surface area (TPSA) is 129 Å². The molecule has 2 spiro atoms. The molecule has 5 atom stereocenters. The normalized spacial score (nSPS) is 33.9. The summed E-state index contributed by atoms with van der Waals surface area (Å²) < 4.78 is 50.3. The Labute approximate surface area is 273 Å². The second kappa shape index (κ2) is 11.6. The summed E-state index contributed by atoms with van der Waals surface area (Å²) in [5.41, 5.74) is -3.96. The zero-order valence-electron chi connectivity index (χ0n) is 24.7. The Morgan fingerprint density at radius 3 is 2.54 bits per heavy atom. The molecule has 2 saturated heterocycles. The molecule has 4 fully saturated rings. The Morgan fingerprint density at radius 1 is 1.13 bits per heavy atom. The van der Waals surface area contributed by atoms with Gasteiger partial charge in [0.15, 0.2) is 0 Å². The van der Waals surface area contributed by atoms with Gasteiger partial charge in [-0.1, -0.05) is 41.4 Å². The molecule has 5 aliphatic rings. The number of hydrogen-bond donors (Lipinski definition) is 4. The van der Waals surface area contributed by atoms with Crippen molar-refractivity contribution in [3.8, 4) is 0 Å². The van der Waals surface area contributed by atoms with Crippen LogP contribution in [-0.4, -0.2) is 64.1 Å². The number of nitrogens with zero attached hydrogens (tertiary/aromatic N) is 2. The van der Waals surface area contributed by atoms with Gasteiger partial charge >= 0.3 is 0 Å². The monoisotopic (exact) mass is 679 g/mol. The van der Waals surface area contributed by atoms with Gasteiger partial charge in [0.05, 0.1) is 35.9 Å². The average Bonchev–Trinajstić information content (AvgIpc) is 3.72. The molecule has 4 N–H and O–H groups in total. The predicted molar refractivity (Wildman–Crippen MR) is 162 cm³/mol. The quantitative estimate of drug-likeness (QED) is 0.339. The number of carbonyl (C=O) groups excluding carboxylic acids is 2. The highest BCUT2D eigenvalue weighted by Gasteiger charge is 2.80. The number of rotatable bonds is 7. The van der Waals surface area contributed by atoms with Crippen LogP contribution in [-0.2, 0) is 16.2 Å². The number of nitrogens with one attached hydrogen (secondary N) is 3. The fourth-order valence-corrected chi connectivity index (χ4v) is 9.49. The van der Waals surface area contributed by atoms with Crippen LogP contribution in [0.4, 0.5) is 13.2 Å². The third-order valence-electron chi connectivity index (χ3n) is 11.0. The van der Waals surface area contributed by atoms with Gasteiger partial charge in [0.25, 0.3) is 0 Å². The van der Waals surface area contributed by atoms with Crippen molar-refractivity contribution in [2.45, 2.75) is 80.6 Å². The number of fused-ring (bicyclic) bond motifs is 3. The first-order valence-corrected chi connectivity index (χ1v) is 16.3.